The summed E-state index contributed by atoms with van der Waals surface area (Å²) in [4.78, 5) is 38.4. The fourth-order valence-corrected chi connectivity index (χ4v) is 3.88. The molecule has 3 aromatic rings. The van der Waals surface area contributed by atoms with Gasteiger partial charge in [0.05, 0.1) is 0 Å². The molecule has 6 nitrogen and oxygen atoms in total. The highest BCUT2D eigenvalue weighted by atomic mass is 32.2. The first-order chi connectivity index (χ1) is 16.0. The summed E-state index contributed by atoms with van der Waals surface area (Å²) in [6, 6.07) is 21.2. The summed E-state index contributed by atoms with van der Waals surface area (Å²) in [6.07, 6.45) is 1.67. The number of esters is 1. The van der Waals surface area contributed by atoms with Crippen molar-refractivity contribution in [3.63, 3.8) is 0 Å². The van der Waals surface area contributed by atoms with E-state index in [0.29, 0.717) is 29.8 Å². The molecule has 2 atom stereocenters. The van der Waals surface area contributed by atoms with Gasteiger partial charge in [0, 0.05) is 16.6 Å². The maximum absolute atomic E-state index is 12.9. The Morgan fingerprint density at radius 1 is 0.939 bits per heavy atom. The normalized spacial score (nSPS) is 12.5. The summed E-state index contributed by atoms with van der Waals surface area (Å²) in [5.41, 5.74) is 1.11. The number of hydrogen-bond acceptors (Lipinski definition) is 5. The lowest BCUT2D eigenvalue weighted by atomic mass is 10.1. The molecule has 0 aromatic heterocycles. The van der Waals surface area contributed by atoms with Gasteiger partial charge in [-0.1, -0.05) is 61.5 Å². The first-order valence-electron chi connectivity index (χ1n) is 10.9. The fraction of sp³-hybridized carbons (Fsp3) is 0.269. The zero-order valence-corrected chi connectivity index (χ0v) is 19.6. The van der Waals surface area contributed by atoms with E-state index in [1.807, 2.05) is 54.8 Å². The molecular formula is C26H28N2O4S. The van der Waals surface area contributed by atoms with Gasteiger partial charge in [0.2, 0.25) is 0 Å². The lowest BCUT2D eigenvalue weighted by Gasteiger charge is -2.22. The Morgan fingerprint density at radius 3 is 2.36 bits per heavy atom. The van der Waals surface area contributed by atoms with Gasteiger partial charge in [0.15, 0.2) is 6.10 Å². The second kappa shape index (κ2) is 12.1. The molecule has 7 heteroatoms. The molecule has 33 heavy (non-hydrogen) atoms. The van der Waals surface area contributed by atoms with E-state index in [-0.39, 0.29) is 5.91 Å². The summed E-state index contributed by atoms with van der Waals surface area (Å²) in [6.45, 7) is 1.78. The van der Waals surface area contributed by atoms with Crippen LogP contribution >= 0.6 is 11.8 Å². The van der Waals surface area contributed by atoms with E-state index in [4.69, 9.17) is 4.74 Å². The predicted octanol–water partition coefficient (Wildman–Crippen LogP) is 4.65. The standard InChI is InChI=1S/C26H28N2O4S/c1-3-23(25(30)27-21-15-9-13-18-10-7-8-14-20(18)21)32-26(31)22(16-17-33-2)28-24(29)19-11-5-4-6-12-19/h4-15,22-23H,3,16-17H2,1-2H3,(H,27,30)(H,28,29). The summed E-state index contributed by atoms with van der Waals surface area (Å²) in [5, 5.41) is 7.54. The van der Waals surface area contributed by atoms with Crippen LogP contribution in [0, 0.1) is 0 Å². The molecule has 0 saturated carbocycles. The quantitative estimate of drug-likeness (QED) is 0.427. The van der Waals surface area contributed by atoms with Crippen LogP contribution in [0.4, 0.5) is 5.69 Å². The number of hydrogen-bond donors (Lipinski definition) is 2. The third-order valence-corrected chi connectivity index (χ3v) is 5.85. The molecule has 0 aliphatic carbocycles. The zero-order valence-electron chi connectivity index (χ0n) is 18.7. The Labute approximate surface area is 198 Å². The second-order valence-corrected chi connectivity index (χ2v) is 8.51. The van der Waals surface area contributed by atoms with Crippen LogP contribution in [0.15, 0.2) is 72.8 Å². The average molecular weight is 465 g/mol. The molecule has 0 heterocycles. The molecule has 2 unspecified atom stereocenters. The van der Waals surface area contributed by atoms with Gasteiger partial charge >= 0.3 is 5.97 Å². The number of carbonyl (C=O) groups is 3. The zero-order chi connectivity index (χ0) is 23.6. The maximum atomic E-state index is 12.9. The average Bonchev–Trinajstić information content (AvgIpc) is 2.85. The molecule has 0 aliphatic rings. The van der Waals surface area contributed by atoms with Gasteiger partial charge in [-0.15, -0.1) is 0 Å². The van der Waals surface area contributed by atoms with Crippen molar-refractivity contribution in [2.75, 3.05) is 17.3 Å². The minimum atomic E-state index is -0.970. The summed E-state index contributed by atoms with van der Waals surface area (Å²) in [7, 11) is 0. The van der Waals surface area contributed by atoms with Crippen LogP contribution < -0.4 is 10.6 Å². The van der Waals surface area contributed by atoms with E-state index >= 15 is 0 Å². The van der Waals surface area contributed by atoms with Gasteiger partial charge in [-0.2, -0.15) is 11.8 Å². The molecule has 0 aliphatic heterocycles. The van der Waals surface area contributed by atoms with Crippen molar-refractivity contribution in [3.8, 4) is 0 Å². The van der Waals surface area contributed by atoms with Crippen LogP contribution in [0.25, 0.3) is 10.8 Å². The van der Waals surface area contributed by atoms with Gasteiger partial charge < -0.3 is 15.4 Å². The van der Waals surface area contributed by atoms with Crippen LogP contribution in [-0.2, 0) is 14.3 Å². The molecule has 172 valence electrons. The summed E-state index contributed by atoms with van der Waals surface area (Å²) < 4.78 is 5.57. The number of anilines is 1. The summed E-state index contributed by atoms with van der Waals surface area (Å²) >= 11 is 1.57. The van der Waals surface area contributed by atoms with E-state index in [9.17, 15) is 14.4 Å². The monoisotopic (exact) mass is 464 g/mol. The Hall–Kier alpha value is -3.32. The lowest BCUT2D eigenvalue weighted by molar-refractivity contribution is -0.156. The number of ether oxygens (including phenoxy) is 1. The number of benzene rings is 3. The van der Waals surface area contributed by atoms with Crippen molar-refractivity contribution in [3.05, 3.63) is 78.4 Å². The minimum Gasteiger partial charge on any atom is -0.451 e. The molecule has 3 rings (SSSR count). The highest BCUT2D eigenvalue weighted by molar-refractivity contribution is 7.98. The first-order valence-corrected chi connectivity index (χ1v) is 12.3. The van der Waals surface area contributed by atoms with Gasteiger partial charge in [-0.25, -0.2) is 4.79 Å². The smallest absolute Gasteiger partial charge is 0.329 e. The SMILES string of the molecule is CCC(OC(=O)C(CCSC)NC(=O)c1ccccc1)C(=O)Nc1cccc2ccccc12. The highest BCUT2D eigenvalue weighted by Crippen LogP contribution is 2.23. The minimum absolute atomic E-state index is 0.310. The van der Waals surface area contributed by atoms with Crippen LogP contribution in [0.3, 0.4) is 0 Å². The Bertz CT molecular complexity index is 1100. The fourth-order valence-electron chi connectivity index (χ4n) is 3.41. The van der Waals surface area contributed by atoms with E-state index in [2.05, 4.69) is 10.6 Å². The number of carbonyl (C=O) groups excluding carboxylic acids is 3. The van der Waals surface area contributed by atoms with E-state index < -0.39 is 24.0 Å². The third kappa shape index (κ3) is 6.58. The van der Waals surface area contributed by atoms with Crippen molar-refractivity contribution < 1.29 is 19.1 Å². The number of fused-ring (bicyclic) bond motifs is 1. The highest BCUT2D eigenvalue weighted by Gasteiger charge is 2.28. The topological polar surface area (TPSA) is 84.5 Å². The van der Waals surface area contributed by atoms with Crippen LogP contribution in [0.1, 0.15) is 30.1 Å². The van der Waals surface area contributed by atoms with E-state index in [1.165, 1.54) is 0 Å². The van der Waals surface area contributed by atoms with Crippen molar-refractivity contribution in [2.45, 2.75) is 31.9 Å². The predicted molar refractivity (Wildman–Crippen MR) is 133 cm³/mol. The molecule has 3 aromatic carbocycles. The Balaban J connectivity index is 1.69. The number of nitrogens with one attached hydrogen (secondary N) is 2. The Morgan fingerprint density at radius 2 is 1.64 bits per heavy atom. The third-order valence-electron chi connectivity index (χ3n) is 5.21. The largest absolute Gasteiger partial charge is 0.451 e. The van der Waals surface area contributed by atoms with E-state index in [0.717, 1.165) is 10.8 Å². The van der Waals surface area contributed by atoms with Gasteiger partial charge in [-0.05, 0) is 48.4 Å². The molecule has 2 N–H and O–H groups in total. The number of rotatable bonds is 10. The molecule has 0 spiro atoms. The first kappa shape index (κ1) is 24.3. The molecular weight excluding hydrogens is 436 g/mol. The molecule has 0 saturated heterocycles. The van der Waals surface area contributed by atoms with Crippen LogP contribution in [-0.4, -0.2) is 41.9 Å². The van der Waals surface area contributed by atoms with Gasteiger partial charge in [0.1, 0.15) is 6.04 Å². The van der Waals surface area contributed by atoms with Crippen LogP contribution in [0.2, 0.25) is 0 Å². The number of amides is 2. The van der Waals surface area contributed by atoms with Gasteiger partial charge in [0.25, 0.3) is 11.8 Å². The second-order valence-electron chi connectivity index (χ2n) is 7.52. The van der Waals surface area contributed by atoms with Crippen LogP contribution in [0.5, 0.6) is 0 Å². The maximum Gasteiger partial charge on any atom is 0.329 e. The van der Waals surface area contributed by atoms with Crippen molar-refractivity contribution in [1.82, 2.24) is 5.32 Å². The van der Waals surface area contributed by atoms with E-state index in [1.54, 1.807) is 43.0 Å². The van der Waals surface area contributed by atoms with Gasteiger partial charge in [-0.3, -0.25) is 9.59 Å². The molecule has 0 fully saturated rings. The van der Waals surface area contributed by atoms with Crippen molar-refractivity contribution in [2.24, 2.45) is 0 Å². The van der Waals surface area contributed by atoms with Crippen molar-refractivity contribution in [1.29, 1.82) is 0 Å². The van der Waals surface area contributed by atoms with Crippen molar-refractivity contribution >= 4 is 46.0 Å². The summed E-state index contributed by atoms with van der Waals surface area (Å²) in [5.74, 6) is -0.714. The lowest BCUT2D eigenvalue weighted by Crippen LogP contribution is -2.45. The Kier molecular flexibility index (Phi) is 8.89. The molecule has 0 radical (unpaired) electrons. The number of thioether (sulfide) groups is 1. The molecule has 2 amide bonds. The molecule has 0 bridgehead atoms.